The van der Waals surface area contributed by atoms with Gasteiger partial charge in [0.25, 0.3) is 5.91 Å². The predicted octanol–water partition coefficient (Wildman–Crippen LogP) is 2.50. The van der Waals surface area contributed by atoms with Crippen molar-refractivity contribution in [3.05, 3.63) is 71.4 Å². The molecule has 1 amide bonds. The molecule has 0 fully saturated rings. The number of hydrogen-bond acceptors (Lipinski definition) is 4. The topological polar surface area (TPSA) is 88.3 Å². The van der Waals surface area contributed by atoms with Gasteiger partial charge in [-0.25, -0.2) is 4.79 Å². The molecule has 3 aromatic rings. The average Bonchev–Trinajstić information content (AvgIpc) is 3.09. The molecule has 0 aliphatic carbocycles. The molecule has 1 heterocycles. The van der Waals surface area contributed by atoms with Crippen LogP contribution in [0.15, 0.2) is 54.7 Å². The van der Waals surface area contributed by atoms with Gasteiger partial charge >= 0.3 is 5.97 Å². The summed E-state index contributed by atoms with van der Waals surface area (Å²) in [5.41, 5.74) is 2.94. The molecule has 26 heavy (non-hydrogen) atoms. The van der Waals surface area contributed by atoms with Crippen LogP contribution >= 0.6 is 0 Å². The van der Waals surface area contributed by atoms with Crippen molar-refractivity contribution >= 4 is 29.1 Å². The zero-order chi connectivity index (χ0) is 18.4. The van der Waals surface area contributed by atoms with Gasteiger partial charge in [0.1, 0.15) is 6.29 Å². The summed E-state index contributed by atoms with van der Waals surface area (Å²) in [4.78, 5) is 37.5. The number of para-hydroxylation sites is 1. The fourth-order valence-corrected chi connectivity index (χ4v) is 2.64. The highest BCUT2D eigenvalue weighted by Crippen LogP contribution is 2.17. The molecule has 0 aliphatic heterocycles. The molecule has 0 unspecified atom stereocenters. The van der Waals surface area contributed by atoms with Crippen molar-refractivity contribution in [1.82, 2.24) is 10.3 Å². The summed E-state index contributed by atoms with van der Waals surface area (Å²) in [5.74, 6) is -0.961. The lowest BCUT2D eigenvalue weighted by Crippen LogP contribution is -2.30. The highest BCUT2D eigenvalue weighted by Gasteiger charge is 2.10. The summed E-state index contributed by atoms with van der Waals surface area (Å²) in [5, 5.41) is 3.87. The Balaban J connectivity index is 1.44. The number of esters is 1. The maximum Gasteiger partial charge on any atom is 0.338 e. The molecule has 0 radical (unpaired) electrons. The molecule has 0 bridgehead atoms. The summed E-state index contributed by atoms with van der Waals surface area (Å²) in [7, 11) is 0. The molecule has 132 valence electrons. The third-order valence-corrected chi connectivity index (χ3v) is 4.01. The van der Waals surface area contributed by atoms with E-state index >= 15 is 0 Å². The third-order valence-electron chi connectivity index (χ3n) is 4.01. The van der Waals surface area contributed by atoms with Gasteiger partial charge in [-0.05, 0) is 30.2 Å². The number of amides is 1. The molecule has 6 heteroatoms. The predicted molar refractivity (Wildman–Crippen MR) is 97.1 cm³/mol. The summed E-state index contributed by atoms with van der Waals surface area (Å²) in [6, 6.07) is 14.0. The Morgan fingerprint density at radius 1 is 1.08 bits per heavy atom. The molecule has 2 N–H and O–H groups in total. The summed E-state index contributed by atoms with van der Waals surface area (Å²) in [6.07, 6.45) is 3.30. The second kappa shape index (κ2) is 8.11. The Kier molecular flexibility index (Phi) is 5.43. The molecule has 2 aromatic carbocycles. The van der Waals surface area contributed by atoms with Crippen molar-refractivity contribution in [3.63, 3.8) is 0 Å². The van der Waals surface area contributed by atoms with Crippen LogP contribution in [0.25, 0.3) is 10.9 Å². The quantitative estimate of drug-likeness (QED) is 0.506. The molecule has 1 aromatic heterocycles. The minimum absolute atomic E-state index is 0.294. The molecular weight excluding hydrogens is 332 g/mol. The molecule has 0 saturated heterocycles. The van der Waals surface area contributed by atoms with Crippen LogP contribution in [0.5, 0.6) is 0 Å². The van der Waals surface area contributed by atoms with E-state index in [4.69, 9.17) is 4.74 Å². The second-order valence-electron chi connectivity index (χ2n) is 5.78. The number of aldehydes is 1. The number of fused-ring (bicyclic) bond motifs is 1. The first-order valence-electron chi connectivity index (χ1n) is 8.21. The van der Waals surface area contributed by atoms with E-state index in [9.17, 15) is 14.4 Å². The maximum atomic E-state index is 11.9. The Labute approximate surface area is 150 Å². The van der Waals surface area contributed by atoms with E-state index in [2.05, 4.69) is 10.3 Å². The highest BCUT2D eigenvalue weighted by atomic mass is 16.5. The van der Waals surface area contributed by atoms with Crippen LogP contribution in [-0.2, 0) is 16.0 Å². The Hall–Kier alpha value is -3.41. The van der Waals surface area contributed by atoms with Crippen LogP contribution in [0, 0.1) is 0 Å². The number of aromatic amines is 1. The number of hydrogen-bond donors (Lipinski definition) is 2. The van der Waals surface area contributed by atoms with Crippen LogP contribution in [0.1, 0.15) is 26.3 Å². The van der Waals surface area contributed by atoms with Crippen LogP contribution in [0.3, 0.4) is 0 Å². The van der Waals surface area contributed by atoms with Gasteiger partial charge in [-0.1, -0.05) is 30.3 Å². The summed E-state index contributed by atoms with van der Waals surface area (Å²) < 4.78 is 4.98. The number of aromatic nitrogens is 1. The van der Waals surface area contributed by atoms with Gasteiger partial charge in [0.15, 0.2) is 6.61 Å². The minimum atomic E-state index is -0.603. The SMILES string of the molecule is O=Cc1ccc(C(=O)OCC(=O)NCCc2c[nH]c3ccccc23)cc1. The monoisotopic (exact) mass is 350 g/mol. The molecule has 0 aliphatic rings. The van der Waals surface area contributed by atoms with Gasteiger partial charge in [-0.2, -0.15) is 0 Å². The fraction of sp³-hybridized carbons (Fsp3) is 0.150. The molecule has 6 nitrogen and oxygen atoms in total. The van der Waals surface area contributed by atoms with Gasteiger partial charge in [0.2, 0.25) is 0 Å². The van der Waals surface area contributed by atoms with Gasteiger partial charge in [0.05, 0.1) is 5.56 Å². The largest absolute Gasteiger partial charge is 0.452 e. The molecule has 0 saturated carbocycles. The van der Waals surface area contributed by atoms with Crippen LogP contribution in [0.4, 0.5) is 0 Å². The first-order valence-corrected chi connectivity index (χ1v) is 8.21. The number of rotatable bonds is 7. The highest BCUT2D eigenvalue weighted by molar-refractivity contribution is 5.92. The van der Waals surface area contributed by atoms with E-state index in [0.29, 0.717) is 30.4 Å². The number of benzene rings is 2. The van der Waals surface area contributed by atoms with E-state index < -0.39 is 5.97 Å². The van der Waals surface area contributed by atoms with Gasteiger partial charge in [-0.15, -0.1) is 0 Å². The van der Waals surface area contributed by atoms with Crippen molar-refractivity contribution in [2.75, 3.05) is 13.2 Å². The zero-order valence-electron chi connectivity index (χ0n) is 14.0. The zero-order valence-corrected chi connectivity index (χ0v) is 14.0. The first-order chi connectivity index (χ1) is 12.7. The number of ether oxygens (including phenoxy) is 1. The minimum Gasteiger partial charge on any atom is -0.452 e. The van der Waals surface area contributed by atoms with Gasteiger partial charge < -0.3 is 15.0 Å². The average molecular weight is 350 g/mol. The Morgan fingerprint density at radius 3 is 2.62 bits per heavy atom. The number of carbonyl (C=O) groups is 3. The second-order valence-corrected chi connectivity index (χ2v) is 5.78. The van der Waals surface area contributed by atoms with Crippen molar-refractivity contribution in [1.29, 1.82) is 0 Å². The van der Waals surface area contributed by atoms with E-state index in [1.807, 2.05) is 30.5 Å². The fourth-order valence-electron chi connectivity index (χ4n) is 2.64. The molecule has 0 atom stereocenters. The third kappa shape index (κ3) is 4.16. The number of carbonyl (C=O) groups excluding carboxylic acids is 3. The lowest BCUT2D eigenvalue weighted by molar-refractivity contribution is -0.124. The molecule has 3 rings (SSSR count). The normalized spacial score (nSPS) is 10.5. The lowest BCUT2D eigenvalue weighted by atomic mass is 10.1. The van der Waals surface area contributed by atoms with Gasteiger partial charge in [0, 0.05) is 29.2 Å². The number of H-pyrrole nitrogens is 1. The Morgan fingerprint density at radius 2 is 1.85 bits per heavy atom. The molecular formula is C20H18N2O4. The number of nitrogens with one attached hydrogen (secondary N) is 2. The smallest absolute Gasteiger partial charge is 0.338 e. The maximum absolute atomic E-state index is 11.9. The van der Waals surface area contributed by atoms with Crippen molar-refractivity contribution in [3.8, 4) is 0 Å². The van der Waals surface area contributed by atoms with Crippen molar-refractivity contribution in [2.45, 2.75) is 6.42 Å². The standard InChI is InChI=1S/C20H18N2O4/c23-12-14-5-7-15(8-6-14)20(25)26-13-19(24)21-10-9-16-11-22-18-4-2-1-3-17(16)18/h1-8,11-12,22H,9-10,13H2,(H,21,24). The first kappa shape index (κ1) is 17.4. The summed E-state index contributed by atoms with van der Waals surface area (Å²) >= 11 is 0. The van der Waals surface area contributed by atoms with Crippen molar-refractivity contribution < 1.29 is 19.1 Å². The van der Waals surface area contributed by atoms with E-state index in [1.165, 1.54) is 24.3 Å². The van der Waals surface area contributed by atoms with Crippen LogP contribution in [0.2, 0.25) is 0 Å². The lowest BCUT2D eigenvalue weighted by Gasteiger charge is -2.06. The Bertz CT molecular complexity index is 928. The van der Waals surface area contributed by atoms with Crippen molar-refractivity contribution in [2.24, 2.45) is 0 Å². The summed E-state index contributed by atoms with van der Waals surface area (Å²) in [6.45, 7) is 0.106. The van der Waals surface area contributed by atoms with Crippen LogP contribution < -0.4 is 5.32 Å². The van der Waals surface area contributed by atoms with Gasteiger partial charge in [-0.3, -0.25) is 9.59 Å². The van der Waals surface area contributed by atoms with E-state index in [1.54, 1.807) is 0 Å². The van der Waals surface area contributed by atoms with Crippen LogP contribution in [-0.4, -0.2) is 36.3 Å². The van der Waals surface area contributed by atoms with E-state index in [-0.39, 0.29) is 12.5 Å². The molecule has 0 spiro atoms. The van der Waals surface area contributed by atoms with E-state index in [0.717, 1.165) is 16.5 Å².